The Morgan fingerprint density at radius 2 is 1.63 bits per heavy atom. The quantitative estimate of drug-likeness (QED) is 0.480. The summed E-state index contributed by atoms with van der Waals surface area (Å²) in [5, 5.41) is 22.3. The number of alkyl carbamates (subject to hydrolysis) is 1. The van der Waals surface area contributed by atoms with Crippen molar-refractivity contribution in [3.8, 4) is 0 Å². The predicted molar refractivity (Wildman–Crippen MR) is 94.8 cm³/mol. The van der Waals surface area contributed by atoms with Gasteiger partial charge in [0.25, 0.3) is 0 Å². The van der Waals surface area contributed by atoms with Gasteiger partial charge in [0, 0.05) is 0 Å². The van der Waals surface area contributed by atoms with Gasteiger partial charge in [-0.15, -0.1) is 0 Å². The molecular weight excluding hydrogens is 356 g/mol. The zero-order valence-corrected chi connectivity index (χ0v) is 15.2. The molecule has 0 fully saturated rings. The number of rotatable bonds is 10. The minimum absolute atomic E-state index is 0.0120. The van der Waals surface area contributed by atoms with Crippen LogP contribution in [-0.4, -0.2) is 46.2 Å². The lowest BCUT2D eigenvalue weighted by atomic mass is 10.0. The first kappa shape index (κ1) is 21.9. The molecule has 9 heteroatoms. The van der Waals surface area contributed by atoms with E-state index in [-0.39, 0.29) is 18.9 Å². The van der Waals surface area contributed by atoms with Crippen molar-refractivity contribution in [2.45, 2.75) is 45.4 Å². The summed E-state index contributed by atoms with van der Waals surface area (Å²) in [6.07, 6.45) is -1.37. The Morgan fingerprint density at radius 3 is 2.15 bits per heavy atom. The summed E-state index contributed by atoms with van der Waals surface area (Å²) in [5.41, 5.74) is 0.768. The van der Waals surface area contributed by atoms with E-state index in [0.29, 0.717) is 0 Å². The summed E-state index contributed by atoms with van der Waals surface area (Å²) >= 11 is 0. The van der Waals surface area contributed by atoms with Crippen LogP contribution in [0.3, 0.4) is 0 Å². The molecule has 2 atom stereocenters. The van der Waals surface area contributed by atoms with E-state index in [0.717, 1.165) is 5.56 Å². The van der Waals surface area contributed by atoms with Crippen molar-refractivity contribution in [3.05, 3.63) is 35.9 Å². The van der Waals surface area contributed by atoms with Crippen LogP contribution in [0.15, 0.2) is 30.3 Å². The molecule has 0 bridgehead atoms. The van der Waals surface area contributed by atoms with Gasteiger partial charge in [0.05, 0.1) is 6.42 Å². The summed E-state index contributed by atoms with van der Waals surface area (Å²) in [4.78, 5) is 46.2. The summed E-state index contributed by atoms with van der Waals surface area (Å²) in [5.74, 6) is -3.61. The normalized spacial score (nSPS) is 12.7. The molecule has 27 heavy (non-hydrogen) atoms. The van der Waals surface area contributed by atoms with Crippen LogP contribution in [-0.2, 0) is 25.7 Å². The van der Waals surface area contributed by atoms with Gasteiger partial charge in [-0.2, -0.15) is 0 Å². The molecule has 0 spiro atoms. The van der Waals surface area contributed by atoms with Gasteiger partial charge >= 0.3 is 18.0 Å². The fourth-order valence-electron chi connectivity index (χ4n) is 2.26. The number of hydrogen-bond donors (Lipinski definition) is 4. The van der Waals surface area contributed by atoms with Crippen molar-refractivity contribution in [2.24, 2.45) is 5.92 Å². The molecule has 4 N–H and O–H groups in total. The van der Waals surface area contributed by atoms with E-state index in [1.54, 1.807) is 24.3 Å². The van der Waals surface area contributed by atoms with Gasteiger partial charge in [0.15, 0.2) is 0 Å². The van der Waals surface area contributed by atoms with E-state index >= 15 is 0 Å². The molecule has 1 aromatic carbocycles. The highest BCUT2D eigenvalue weighted by atomic mass is 16.5. The second-order valence-corrected chi connectivity index (χ2v) is 6.39. The third kappa shape index (κ3) is 8.70. The van der Waals surface area contributed by atoms with E-state index in [1.165, 1.54) is 0 Å². The lowest BCUT2D eigenvalue weighted by Crippen LogP contribution is -2.52. The first-order valence-corrected chi connectivity index (χ1v) is 8.41. The first-order valence-electron chi connectivity index (χ1n) is 8.41. The molecule has 0 radical (unpaired) electrons. The molecule has 0 unspecified atom stereocenters. The van der Waals surface area contributed by atoms with Crippen LogP contribution >= 0.6 is 0 Å². The third-order valence-electron chi connectivity index (χ3n) is 3.52. The molecule has 0 saturated carbocycles. The third-order valence-corrected chi connectivity index (χ3v) is 3.52. The van der Waals surface area contributed by atoms with Crippen LogP contribution in [0.2, 0.25) is 0 Å². The zero-order valence-electron chi connectivity index (χ0n) is 15.2. The average Bonchev–Trinajstić information content (AvgIpc) is 2.58. The molecule has 0 aliphatic heterocycles. The standard InChI is InChI=1S/C18H24N2O7/c1-11(2)8-13(16(23)19-14(17(24)25)9-15(21)22)20-18(26)27-10-12-6-4-3-5-7-12/h3-7,11,13-14H,8-10H2,1-2H3,(H,19,23)(H,20,26)(H,21,22)(H,24,25)/t13-,14+/m0/s1. The van der Waals surface area contributed by atoms with Crippen LogP contribution in [0.4, 0.5) is 4.79 Å². The topological polar surface area (TPSA) is 142 Å². The number of carbonyl (C=O) groups excluding carboxylic acids is 2. The van der Waals surface area contributed by atoms with Gasteiger partial charge in [-0.1, -0.05) is 44.2 Å². The Morgan fingerprint density at radius 1 is 1.00 bits per heavy atom. The smallest absolute Gasteiger partial charge is 0.408 e. The van der Waals surface area contributed by atoms with Gasteiger partial charge in [0.1, 0.15) is 18.7 Å². The molecule has 0 aliphatic carbocycles. The Hall–Kier alpha value is -3.10. The maximum atomic E-state index is 12.3. The molecule has 148 valence electrons. The summed E-state index contributed by atoms with van der Waals surface area (Å²) in [7, 11) is 0. The second-order valence-electron chi connectivity index (χ2n) is 6.39. The van der Waals surface area contributed by atoms with Crippen molar-refractivity contribution in [1.29, 1.82) is 0 Å². The number of aliphatic carboxylic acids is 2. The number of carbonyl (C=O) groups is 4. The Labute approximate surface area is 156 Å². The molecule has 0 aliphatic rings. The van der Waals surface area contributed by atoms with Gasteiger partial charge in [0.2, 0.25) is 5.91 Å². The SMILES string of the molecule is CC(C)C[C@H](NC(=O)OCc1ccccc1)C(=O)N[C@H](CC(=O)O)C(=O)O. The highest BCUT2D eigenvalue weighted by Crippen LogP contribution is 2.07. The van der Waals surface area contributed by atoms with Crippen LogP contribution < -0.4 is 10.6 Å². The fraction of sp³-hybridized carbons (Fsp3) is 0.444. The lowest BCUT2D eigenvalue weighted by Gasteiger charge is -2.22. The minimum atomic E-state index is -1.59. The number of carboxylic acids is 2. The van der Waals surface area contributed by atoms with Gasteiger partial charge < -0.3 is 25.6 Å². The van der Waals surface area contributed by atoms with Crippen LogP contribution in [0, 0.1) is 5.92 Å². The van der Waals surface area contributed by atoms with Crippen molar-refractivity contribution in [2.75, 3.05) is 0 Å². The molecule has 1 aromatic rings. The molecule has 0 heterocycles. The minimum Gasteiger partial charge on any atom is -0.481 e. The van der Waals surface area contributed by atoms with Gasteiger partial charge in [-0.3, -0.25) is 9.59 Å². The monoisotopic (exact) mass is 380 g/mol. The average molecular weight is 380 g/mol. The summed E-state index contributed by atoms with van der Waals surface area (Å²) < 4.78 is 5.07. The van der Waals surface area contributed by atoms with Crippen LogP contribution in [0.1, 0.15) is 32.3 Å². The van der Waals surface area contributed by atoms with E-state index in [2.05, 4.69) is 10.6 Å². The fourth-order valence-corrected chi connectivity index (χ4v) is 2.26. The van der Waals surface area contributed by atoms with Crippen molar-refractivity contribution in [1.82, 2.24) is 10.6 Å². The van der Waals surface area contributed by atoms with E-state index in [1.807, 2.05) is 19.9 Å². The Bertz CT molecular complexity index is 661. The molecule has 9 nitrogen and oxygen atoms in total. The van der Waals surface area contributed by atoms with Crippen LogP contribution in [0.5, 0.6) is 0 Å². The van der Waals surface area contributed by atoms with Crippen LogP contribution in [0.25, 0.3) is 0 Å². The Kier molecular flexibility index (Phi) is 8.77. The van der Waals surface area contributed by atoms with Gasteiger partial charge in [-0.25, -0.2) is 9.59 Å². The number of nitrogens with one attached hydrogen (secondary N) is 2. The summed E-state index contributed by atoms with van der Waals surface area (Å²) in [6, 6.07) is 6.31. The summed E-state index contributed by atoms with van der Waals surface area (Å²) in [6.45, 7) is 3.66. The number of ether oxygens (including phenoxy) is 1. The predicted octanol–water partition coefficient (Wildman–Crippen LogP) is 1.37. The largest absolute Gasteiger partial charge is 0.481 e. The van der Waals surface area contributed by atoms with E-state index in [9.17, 15) is 19.2 Å². The van der Waals surface area contributed by atoms with E-state index < -0.39 is 42.4 Å². The number of carboxylic acid groups (broad SMARTS) is 2. The maximum Gasteiger partial charge on any atom is 0.408 e. The zero-order chi connectivity index (χ0) is 20.4. The van der Waals surface area contributed by atoms with Crippen molar-refractivity contribution in [3.63, 3.8) is 0 Å². The lowest BCUT2D eigenvalue weighted by molar-refractivity contribution is -0.147. The number of hydrogen-bond acceptors (Lipinski definition) is 5. The van der Waals surface area contributed by atoms with Crippen molar-refractivity contribution < 1.29 is 34.1 Å². The molecule has 0 saturated heterocycles. The molecule has 2 amide bonds. The first-order chi connectivity index (χ1) is 12.7. The van der Waals surface area contributed by atoms with E-state index in [4.69, 9.17) is 14.9 Å². The Balaban J connectivity index is 2.69. The molecule has 0 aromatic heterocycles. The highest BCUT2D eigenvalue weighted by molar-refractivity contribution is 5.90. The van der Waals surface area contributed by atoms with Gasteiger partial charge in [-0.05, 0) is 17.9 Å². The second kappa shape index (κ2) is 10.8. The molecule has 1 rings (SSSR count). The van der Waals surface area contributed by atoms with Crippen molar-refractivity contribution >= 4 is 23.9 Å². The molecular formula is C18H24N2O7. The number of amides is 2. The number of benzene rings is 1. The maximum absolute atomic E-state index is 12.3. The highest BCUT2D eigenvalue weighted by Gasteiger charge is 2.28.